The fourth-order valence-corrected chi connectivity index (χ4v) is 2.76. The molecule has 0 aliphatic carbocycles. The molecule has 1 aliphatic rings. The van der Waals surface area contributed by atoms with Crippen LogP contribution in [0.2, 0.25) is 0 Å². The topological polar surface area (TPSA) is 70.1 Å². The fraction of sp³-hybridized carbons (Fsp3) is 0.250. The van der Waals surface area contributed by atoms with Gasteiger partial charge < -0.3 is 4.90 Å². The third-order valence-corrected chi connectivity index (χ3v) is 4.02. The highest BCUT2D eigenvalue weighted by molar-refractivity contribution is 5.47. The van der Waals surface area contributed by atoms with Crippen molar-refractivity contribution < 1.29 is 0 Å². The molecule has 6 heteroatoms. The van der Waals surface area contributed by atoms with E-state index >= 15 is 0 Å². The van der Waals surface area contributed by atoms with Gasteiger partial charge in [0.2, 0.25) is 0 Å². The zero-order valence-corrected chi connectivity index (χ0v) is 12.1. The predicted molar refractivity (Wildman–Crippen MR) is 81.6 cm³/mol. The summed E-state index contributed by atoms with van der Waals surface area (Å²) in [6.45, 7) is 3.80. The summed E-state index contributed by atoms with van der Waals surface area (Å²) >= 11 is 0. The highest BCUT2D eigenvalue weighted by atomic mass is 15.3. The first-order valence-corrected chi connectivity index (χ1v) is 7.17. The van der Waals surface area contributed by atoms with Crippen molar-refractivity contribution in [1.29, 1.82) is 5.26 Å². The average Bonchev–Trinajstić information content (AvgIpc) is 2.89. The molecule has 4 heterocycles. The third-order valence-electron chi connectivity index (χ3n) is 4.02. The summed E-state index contributed by atoms with van der Waals surface area (Å²) in [4.78, 5) is 6.51. The smallest absolute Gasteiger partial charge is 0.160 e. The number of hydrogen-bond acceptors (Lipinski definition) is 5. The molecule has 0 saturated carbocycles. The first-order chi connectivity index (χ1) is 10.7. The largest absolute Gasteiger partial charge is 0.355 e. The maximum absolute atomic E-state index is 8.81. The molecule has 1 fully saturated rings. The number of rotatable bonds is 2. The summed E-state index contributed by atoms with van der Waals surface area (Å²) in [6.07, 6.45) is 3.69. The summed E-state index contributed by atoms with van der Waals surface area (Å²) in [5.41, 5.74) is 2.66. The Morgan fingerprint density at radius 3 is 2.77 bits per heavy atom. The van der Waals surface area contributed by atoms with Crippen LogP contribution in [-0.4, -0.2) is 32.7 Å². The van der Waals surface area contributed by atoms with Crippen LogP contribution in [0.4, 0.5) is 5.82 Å². The van der Waals surface area contributed by atoms with Crippen molar-refractivity contribution in [2.45, 2.75) is 12.8 Å². The molecule has 0 atom stereocenters. The SMILES string of the molecule is Cc1ccc2nnc(C3CN(c4ccc(C#N)cn4)C3)n2c1. The molecular formula is C16H14N6. The Balaban J connectivity index is 1.54. The number of aromatic nitrogens is 4. The molecule has 6 nitrogen and oxygen atoms in total. The van der Waals surface area contributed by atoms with Gasteiger partial charge in [-0.05, 0) is 30.7 Å². The number of nitriles is 1. The van der Waals surface area contributed by atoms with Crippen molar-refractivity contribution in [3.63, 3.8) is 0 Å². The molecule has 1 aliphatic heterocycles. The number of pyridine rings is 2. The monoisotopic (exact) mass is 290 g/mol. The quantitative estimate of drug-likeness (QED) is 0.721. The number of nitrogens with zero attached hydrogens (tertiary/aromatic N) is 6. The van der Waals surface area contributed by atoms with Gasteiger partial charge in [0.05, 0.1) is 11.5 Å². The maximum Gasteiger partial charge on any atom is 0.160 e. The maximum atomic E-state index is 8.81. The second-order valence-corrected chi connectivity index (χ2v) is 5.61. The Hall–Kier alpha value is -2.94. The van der Waals surface area contributed by atoms with Crippen molar-refractivity contribution in [3.05, 3.63) is 53.6 Å². The Bertz CT molecular complexity index is 868. The van der Waals surface area contributed by atoms with E-state index in [0.717, 1.165) is 30.4 Å². The van der Waals surface area contributed by atoms with Gasteiger partial charge in [-0.25, -0.2) is 4.98 Å². The van der Waals surface area contributed by atoms with E-state index in [1.807, 2.05) is 18.2 Å². The molecule has 0 unspecified atom stereocenters. The van der Waals surface area contributed by atoms with Crippen molar-refractivity contribution >= 4 is 11.5 Å². The fourth-order valence-electron chi connectivity index (χ4n) is 2.76. The minimum absolute atomic E-state index is 0.356. The van der Waals surface area contributed by atoms with Crippen LogP contribution in [0.1, 0.15) is 22.9 Å². The van der Waals surface area contributed by atoms with Gasteiger partial charge in [0, 0.05) is 25.5 Å². The van der Waals surface area contributed by atoms with Gasteiger partial charge in [0.25, 0.3) is 0 Å². The predicted octanol–water partition coefficient (Wildman–Crippen LogP) is 1.91. The molecule has 0 amide bonds. The lowest BCUT2D eigenvalue weighted by atomic mass is 9.99. The summed E-state index contributed by atoms with van der Waals surface area (Å²) in [6, 6.07) is 9.80. The summed E-state index contributed by atoms with van der Waals surface area (Å²) in [5, 5.41) is 17.4. The van der Waals surface area contributed by atoms with E-state index < -0.39 is 0 Å². The second-order valence-electron chi connectivity index (χ2n) is 5.61. The van der Waals surface area contributed by atoms with E-state index in [1.54, 1.807) is 12.3 Å². The highest BCUT2D eigenvalue weighted by Gasteiger charge is 2.32. The van der Waals surface area contributed by atoms with Gasteiger partial charge in [-0.3, -0.25) is 4.40 Å². The van der Waals surface area contributed by atoms with Crippen LogP contribution in [0.3, 0.4) is 0 Å². The molecule has 4 rings (SSSR count). The van der Waals surface area contributed by atoms with E-state index in [4.69, 9.17) is 5.26 Å². The van der Waals surface area contributed by atoms with E-state index in [-0.39, 0.29) is 0 Å². The van der Waals surface area contributed by atoms with Gasteiger partial charge in [0.1, 0.15) is 17.7 Å². The van der Waals surface area contributed by atoms with Gasteiger partial charge in [-0.15, -0.1) is 10.2 Å². The molecule has 0 N–H and O–H groups in total. The van der Waals surface area contributed by atoms with Crippen molar-refractivity contribution in [1.82, 2.24) is 19.6 Å². The Morgan fingerprint density at radius 2 is 2.05 bits per heavy atom. The minimum atomic E-state index is 0.356. The van der Waals surface area contributed by atoms with Gasteiger partial charge in [0.15, 0.2) is 5.65 Å². The number of hydrogen-bond donors (Lipinski definition) is 0. The standard InChI is InChI=1S/C16H14N6/c1-11-2-4-15-19-20-16(22(15)8-11)13-9-21(10-13)14-5-3-12(6-17)7-18-14/h2-5,7-8,13H,9-10H2,1H3. The van der Waals surface area contributed by atoms with Crippen LogP contribution in [0.15, 0.2) is 36.7 Å². The molecule has 3 aromatic rings. The van der Waals surface area contributed by atoms with E-state index in [9.17, 15) is 0 Å². The van der Waals surface area contributed by atoms with Crippen LogP contribution < -0.4 is 4.90 Å². The zero-order valence-electron chi connectivity index (χ0n) is 12.1. The van der Waals surface area contributed by atoms with Crippen LogP contribution in [-0.2, 0) is 0 Å². The van der Waals surface area contributed by atoms with Crippen LogP contribution in [0.25, 0.3) is 5.65 Å². The molecule has 0 spiro atoms. The molecule has 1 saturated heterocycles. The first kappa shape index (κ1) is 12.8. The molecule has 22 heavy (non-hydrogen) atoms. The molecule has 0 aromatic carbocycles. The zero-order chi connectivity index (χ0) is 15.1. The van der Waals surface area contributed by atoms with Crippen LogP contribution in [0, 0.1) is 18.3 Å². The second kappa shape index (κ2) is 4.81. The Morgan fingerprint density at radius 1 is 1.18 bits per heavy atom. The lowest BCUT2D eigenvalue weighted by Crippen LogP contribution is -2.46. The van der Waals surface area contributed by atoms with E-state index in [1.165, 1.54) is 5.56 Å². The number of aryl methyl sites for hydroxylation is 1. The van der Waals surface area contributed by atoms with Gasteiger partial charge in [-0.1, -0.05) is 6.07 Å². The van der Waals surface area contributed by atoms with Gasteiger partial charge in [-0.2, -0.15) is 5.26 Å². The highest BCUT2D eigenvalue weighted by Crippen LogP contribution is 2.29. The first-order valence-electron chi connectivity index (χ1n) is 7.17. The van der Waals surface area contributed by atoms with Crippen molar-refractivity contribution in [2.75, 3.05) is 18.0 Å². The van der Waals surface area contributed by atoms with Gasteiger partial charge >= 0.3 is 0 Å². The van der Waals surface area contributed by atoms with Crippen molar-refractivity contribution in [3.8, 4) is 6.07 Å². The molecule has 0 radical (unpaired) electrons. The Kier molecular flexibility index (Phi) is 2.79. The van der Waals surface area contributed by atoms with E-state index in [0.29, 0.717) is 11.5 Å². The average molecular weight is 290 g/mol. The van der Waals surface area contributed by atoms with Crippen LogP contribution >= 0.6 is 0 Å². The van der Waals surface area contributed by atoms with Crippen LogP contribution in [0.5, 0.6) is 0 Å². The third kappa shape index (κ3) is 1.99. The molecule has 0 bridgehead atoms. The minimum Gasteiger partial charge on any atom is -0.355 e. The van der Waals surface area contributed by atoms with Crippen molar-refractivity contribution in [2.24, 2.45) is 0 Å². The number of fused-ring (bicyclic) bond motifs is 1. The summed E-state index contributed by atoms with van der Waals surface area (Å²) in [7, 11) is 0. The van der Waals surface area contributed by atoms with E-state index in [2.05, 4.69) is 43.7 Å². The normalized spacial score (nSPS) is 14.8. The lowest BCUT2D eigenvalue weighted by molar-refractivity contribution is 0.492. The Labute approximate surface area is 127 Å². The number of anilines is 1. The lowest BCUT2D eigenvalue weighted by Gasteiger charge is -2.39. The summed E-state index contributed by atoms with van der Waals surface area (Å²) < 4.78 is 2.07. The molecular weight excluding hydrogens is 276 g/mol. The molecule has 108 valence electrons. The molecule has 3 aromatic heterocycles. The summed E-state index contributed by atoms with van der Waals surface area (Å²) in [5.74, 6) is 2.26.